The second kappa shape index (κ2) is 12.3. The molecule has 0 saturated heterocycles. The number of hydrogen-bond donors (Lipinski definition) is 0. The Labute approximate surface area is 200 Å². The van der Waals surface area contributed by atoms with E-state index in [4.69, 9.17) is 19.1 Å². The van der Waals surface area contributed by atoms with Crippen LogP contribution in [0.1, 0.15) is 41.7 Å². The molecule has 2 heterocycles. The van der Waals surface area contributed by atoms with Gasteiger partial charge in [-0.15, -0.1) is 0 Å². The van der Waals surface area contributed by atoms with Crippen molar-refractivity contribution in [2.24, 2.45) is 10.3 Å². The standard InChI is InChI=1S/C16H15NO2.C12H13NO2/c1-3-7-13(8-4-1)12-18-16-11-15(19-17-16)14-9-5-2-6-10-14;1-2-8-14-12-9-11(15-13-12)10-6-4-3-5-7-10/h1-10,15H,11-12H2;2-7,11H,1,8-9H2. The van der Waals surface area contributed by atoms with Gasteiger partial charge in [-0.25, -0.2) is 0 Å². The maximum absolute atomic E-state index is 5.67. The monoisotopic (exact) mass is 456 g/mol. The lowest BCUT2D eigenvalue weighted by molar-refractivity contribution is 0.0852. The van der Waals surface area contributed by atoms with Gasteiger partial charge in [-0.1, -0.05) is 114 Å². The van der Waals surface area contributed by atoms with Crippen LogP contribution in [0.2, 0.25) is 0 Å². The summed E-state index contributed by atoms with van der Waals surface area (Å²) in [4.78, 5) is 10.7. The van der Waals surface area contributed by atoms with Crippen LogP contribution in [0, 0.1) is 0 Å². The van der Waals surface area contributed by atoms with Crippen molar-refractivity contribution in [3.8, 4) is 0 Å². The third-order valence-electron chi connectivity index (χ3n) is 5.24. The van der Waals surface area contributed by atoms with Crippen molar-refractivity contribution in [1.29, 1.82) is 0 Å². The van der Waals surface area contributed by atoms with Crippen molar-refractivity contribution < 1.29 is 19.1 Å². The summed E-state index contributed by atoms with van der Waals surface area (Å²) in [5.74, 6) is 1.31. The van der Waals surface area contributed by atoms with E-state index in [1.54, 1.807) is 6.08 Å². The maximum atomic E-state index is 5.67. The Bertz CT molecular complexity index is 1090. The molecular weight excluding hydrogens is 428 g/mol. The lowest BCUT2D eigenvalue weighted by Gasteiger charge is -2.07. The Morgan fingerprint density at radius 3 is 1.68 bits per heavy atom. The number of oxime groups is 2. The zero-order valence-corrected chi connectivity index (χ0v) is 19.0. The van der Waals surface area contributed by atoms with E-state index in [2.05, 4.69) is 16.9 Å². The van der Waals surface area contributed by atoms with Crippen LogP contribution in [0.3, 0.4) is 0 Å². The summed E-state index contributed by atoms with van der Waals surface area (Å²) in [6, 6.07) is 30.1. The van der Waals surface area contributed by atoms with Gasteiger partial charge < -0.3 is 19.1 Å². The first kappa shape index (κ1) is 23.1. The number of ether oxygens (including phenoxy) is 2. The molecule has 0 amide bonds. The molecule has 174 valence electrons. The molecular formula is C28H28N2O4. The van der Waals surface area contributed by atoms with Crippen LogP contribution in [0.4, 0.5) is 0 Å². The van der Waals surface area contributed by atoms with E-state index in [0.29, 0.717) is 37.9 Å². The first-order valence-corrected chi connectivity index (χ1v) is 11.3. The van der Waals surface area contributed by atoms with Gasteiger partial charge in [-0.05, 0) is 16.7 Å². The predicted octanol–water partition coefficient (Wildman–Crippen LogP) is 6.34. The molecule has 0 aromatic heterocycles. The molecule has 0 aliphatic carbocycles. The van der Waals surface area contributed by atoms with Gasteiger partial charge in [0.2, 0.25) is 11.8 Å². The first-order chi connectivity index (χ1) is 16.8. The largest absolute Gasteiger partial charge is 0.474 e. The summed E-state index contributed by atoms with van der Waals surface area (Å²) in [7, 11) is 0. The summed E-state index contributed by atoms with van der Waals surface area (Å²) in [6.45, 7) is 4.59. The first-order valence-electron chi connectivity index (χ1n) is 11.3. The molecule has 3 aromatic carbocycles. The van der Waals surface area contributed by atoms with Gasteiger partial charge in [-0.2, -0.15) is 0 Å². The Hall–Kier alpha value is -4.06. The van der Waals surface area contributed by atoms with Crippen molar-refractivity contribution in [3.63, 3.8) is 0 Å². The minimum Gasteiger partial charge on any atom is -0.474 e. The Morgan fingerprint density at radius 1 is 0.706 bits per heavy atom. The third kappa shape index (κ3) is 6.72. The molecule has 3 aromatic rings. The van der Waals surface area contributed by atoms with Gasteiger partial charge in [0, 0.05) is 0 Å². The van der Waals surface area contributed by atoms with E-state index in [9.17, 15) is 0 Å². The molecule has 0 radical (unpaired) electrons. The second-order valence-corrected chi connectivity index (χ2v) is 7.76. The summed E-state index contributed by atoms with van der Waals surface area (Å²) in [5.41, 5.74) is 3.39. The minimum absolute atomic E-state index is 0.00832. The highest BCUT2D eigenvalue weighted by atomic mass is 16.7. The zero-order valence-electron chi connectivity index (χ0n) is 19.0. The average molecular weight is 457 g/mol. The van der Waals surface area contributed by atoms with Gasteiger partial charge in [0.25, 0.3) is 0 Å². The molecule has 6 nitrogen and oxygen atoms in total. The van der Waals surface area contributed by atoms with Crippen molar-refractivity contribution in [3.05, 3.63) is 120 Å². The van der Waals surface area contributed by atoms with E-state index in [0.717, 1.165) is 16.7 Å². The average Bonchev–Trinajstić information content (AvgIpc) is 3.59. The van der Waals surface area contributed by atoms with Crippen LogP contribution in [-0.4, -0.2) is 18.4 Å². The molecule has 34 heavy (non-hydrogen) atoms. The van der Waals surface area contributed by atoms with Crippen LogP contribution in [0.25, 0.3) is 0 Å². The molecule has 0 fully saturated rings. The third-order valence-corrected chi connectivity index (χ3v) is 5.24. The highest BCUT2D eigenvalue weighted by molar-refractivity contribution is 5.78. The van der Waals surface area contributed by atoms with Crippen LogP contribution >= 0.6 is 0 Å². The summed E-state index contributed by atoms with van der Waals surface area (Å²) in [5, 5.41) is 7.88. The number of hydrogen-bond acceptors (Lipinski definition) is 6. The van der Waals surface area contributed by atoms with E-state index < -0.39 is 0 Å². The fourth-order valence-corrected chi connectivity index (χ4v) is 3.47. The zero-order chi connectivity index (χ0) is 23.4. The van der Waals surface area contributed by atoms with E-state index in [1.807, 2.05) is 91.0 Å². The molecule has 0 N–H and O–H groups in total. The maximum Gasteiger partial charge on any atom is 0.230 e. The van der Waals surface area contributed by atoms with E-state index in [1.165, 1.54) is 0 Å². The van der Waals surface area contributed by atoms with Gasteiger partial charge in [0.15, 0.2) is 12.2 Å². The topological polar surface area (TPSA) is 61.6 Å². The van der Waals surface area contributed by atoms with Crippen LogP contribution < -0.4 is 0 Å². The minimum atomic E-state index is -0.0213. The van der Waals surface area contributed by atoms with Crippen molar-refractivity contribution in [2.75, 3.05) is 6.61 Å². The van der Waals surface area contributed by atoms with Crippen LogP contribution in [0.5, 0.6) is 0 Å². The summed E-state index contributed by atoms with van der Waals surface area (Å²) < 4.78 is 11.0. The summed E-state index contributed by atoms with van der Waals surface area (Å²) >= 11 is 0. The normalized spacial score (nSPS) is 18.4. The number of nitrogens with zero attached hydrogens (tertiary/aromatic N) is 2. The van der Waals surface area contributed by atoms with Gasteiger partial charge in [0.05, 0.1) is 12.8 Å². The molecule has 0 spiro atoms. The van der Waals surface area contributed by atoms with Gasteiger partial charge >= 0.3 is 0 Å². The van der Waals surface area contributed by atoms with E-state index >= 15 is 0 Å². The van der Waals surface area contributed by atoms with Gasteiger partial charge in [0.1, 0.15) is 13.2 Å². The fraction of sp³-hybridized carbons (Fsp3) is 0.214. The molecule has 6 heteroatoms. The highest BCUT2D eigenvalue weighted by Crippen LogP contribution is 2.28. The van der Waals surface area contributed by atoms with Crippen molar-refractivity contribution in [2.45, 2.75) is 31.7 Å². The SMILES string of the molecule is C=CCOC1=NOC(c2ccccc2)C1.c1ccc(COC2=NOC(c3ccccc3)C2)cc1. The smallest absolute Gasteiger partial charge is 0.230 e. The van der Waals surface area contributed by atoms with Crippen molar-refractivity contribution in [1.82, 2.24) is 0 Å². The Morgan fingerprint density at radius 2 is 1.18 bits per heavy atom. The van der Waals surface area contributed by atoms with Crippen molar-refractivity contribution >= 4 is 11.8 Å². The number of rotatable bonds is 6. The quantitative estimate of drug-likeness (QED) is 0.406. The molecule has 2 unspecified atom stereocenters. The Kier molecular flexibility index (Phi) is 8.33. The molecule has 0 saturated carbocycles. The molecule has 2 aliphatic rings. The Balaban J connectivity index is 0.000000166. The lowest BCUT2D eigenvalue weighted by atomic mass is 10.1. The summed E-state index contributed by atoms with van der Waals surface area (Å²) in [6.07, 6.45) is 3.05. The van der Waals surface area contributed by atoms with Crippen LogP contribution in [0.15, 0.2) is 114 Å². The lowest BCUT2D eigenvalue weighted by Crippen LogP contribution is -2.04. The molecule has 2 aliphatic heterocycles. The molecule has 2 atom stereocenters. The highest BCUT2D eigenvalue weighted by Gasteiger charge is 2.24. The molecule has 0 bridgehead atoms. The van der Waals surface area contributed by atoms with Crippen LogP contribution in [-0.2, 0) is 25.8 Å². The van der Waals surface area contributed by atoms with E-state index in [-0.39, 0.29) is 12.2 Å². The molecule has 5 rings (SSSR count). The predicted molar refractivity (Wildman–Crippen MR) is 132 cm³/mol. The second-order valence-electron chi connectivity index (χ2n) is 7.76. The van der Waals surface area contributed by atoms with Gasteiger partial charge in [-0.3, -0.25) is 0 Å². The number of benzene rings is 3. The fourth-order valence-electron chi connectivity index (χ4n) is 3.47.